The van der Waals surface area contributed by atoms with Gasteiger partial charge in [-0.2, -0.15) is 25.4 Å². The van der Waals surface area contributed by atoms with E-state index in [0.717, 1.165) is 15.9 Å². The number of nitriles is 2. The molecule has 0 aliphatic rings. The monoisotopic (exact) mass is 497 g/mol. The average molecular weight is 498 g/mol. The van der Waals surface area contributed by atoms with Gasteiger partial charge in [0.2, 0.25) is 0 Å². The molecule has 5 rings (SSSR count). The predicted octanol–water partition coefficient (Wildman–Crippen LogP) is 4.28. The number of nitrogens with zero attached hydrogens (tertiary/aromatic N) is 6. The maximum absolute atomic E-state index is 13.3. The summed E-state index contributed by atoms with van der Waals surface area (Å²) in [4.78, 5) is 13.3. The fourth-order valence-corrected chi connectivity index (χ4v) is 4.06. The van der Waals surface area contributed by atoms with Crippen molar-refractivity contribution in [3.05, 3.63) is 118 Å². The normalized spacial score (nSPS) is 10.8. The molecule has 3 aromatic carbocycles. The third-order valence-electron chi connectivity index (χ3n) is 5.89. The van der Waals surface area contributed by atoms with Gasteiger partial charge in [-0.15, -0.1) is 0 Å². The molecule has 9 heteroatoms. The zero-order valence-corrected chi connectivity index (χ0v) is 19.9. The lowest BCUT2D eigenvalue weighted by atomic mass is 9.96. The van der Waals surface area contributed by atoms with E-state index in [-0.39, 0.29) is 28.3 Å². The Labute approximate surface area is 217 Å². The predicted molar refractivity (Wildman–Crippen MR) is 144 cm³/mol. The molecule has 2 heterocycles. The first-order valence-corrected chi connectivity index (χ1v) is 11.4. The van der Waals surface area contributed by atoms with Crippen molar-refractivity contribution in [1.82, 2.24) is 14.5 Å². The number of nitrogens with two attached hydrogens (primary N) is 1. The Kier molecular flexibility index (Phi) is 6.25. The smallest absolute Gasteiger partial charge is 0.291 e. The highest BCUT2D eigenvalue weighted by Gasteiger charge is 2.22. The lowest BCUT2D eigenvalue weighted by Crippen LogP contribution is -2.25. The summed E-state index contributed by atoms with van der Waals surface area (Å²) in [7, 11) is 0. The number of phenolic OH excluding ortho intramolecular Hbond substituents is 1. The van der Waals surface area contributed by atoms with Crippen molar-refractivity contribution in [1.29, 1.82) is 10.5 Å². The summed E-state index contributed by atoms with van der Waals surface area (Å²) in [5.74, 6) is -0.213. The van der Waals surface area contributed by atoms with Gasteiger partial charge in [0.15, 0.2) is 0 Å². The molecule has 38 heavy (non-hydrogen) atoms. The molecule has 0 spiro atoms. The number of phenols is 1. The number of benzene rings is 3. The Hall–Kier alpha value is -5.93. The number of aromatic nitrogens is 3. The van der Waals surface area contributed by atoms with Gasteiger partial charge in [-0.05, 0) is 29.8 Å². The average Bonchev–Trinajstić information content (AvgIpc) is 3.38. The molecule has 5 aromatic rings. The first kappa shape index (κ1) is 23.8. The van der Waals surface area contributed by atoms with Crippen molar-refractivity contribution in [2.75, 3.05) is 5.73 Å². The first-order chi connectivity index (χ1) is 18.5. The summed E-state index contributed by atoms with van der Waals surface area (Å²) < 4.78 is 2.54. The van der Waals surface area contributed by atoms with Crippen molar-refractivity contribution >= 4 is 12.0 Å². The Morgan fingerprint density at radius 3 is 2.13 bits per heavy atom. The first-order valence-electron chi connectivity index (χ1n) is 11.4. The van der Waals surface area contributed by atoms with Gasteiger partial charge in [-0.3, -0.25) is 4.79 Å². The van der Waals surface area contributed by atoms with Crippen LogP contribution in [0.5, 0.6) is 5.75 Å². The lowest BCUT2D eigenvalue weighted by Gasteiger charge is -2.12. The molecule has 182 valence electrons. The summed E-state index contributed by atoms with van der Waals surface area (Å²) >= 11 is 0. The van der Waals surface area contributed by atoms with E-state index < -0.39 is 5.56 Å². The van der Waals surface area contributed by atoms with Crippen LogP contribution >= 0.6 is 0 Å². The molecule has 2 aromatic heterocycles. The van der Waals surface area contributed by atoms with E-state index in [9.17, 15) is 20.4 Å². The molecular weight excluding hydrogens is 478 g/mol. The van der Waals surface area contributed by atoms with Crippen molar-refractivity contribution in [3.63, 3.8) is 0 Å². The van der Waals surface area contributed by atoms with E-state index >= 15 is 0 Å². The van der Waals surface area contributed by atoms with E-state index in [1.165, 1.54) is 30.5 Å². The van der Waals surface area contributed by atoms with Crippen molar-refractivity contribution in [2.24, 2.45) is 5.10 Å². The van der Waals surface area contributed by atoms with Gasteiger partial charge in [0, 0.05) is 22.9 Å². The summed E-state index contributed by atoms with van der Waals surface area (Å²) in [5, 5.41) is 38.4. The number of aromatic hydroxyl groups is 1. The summed E-state index contributed by atoms with van der Waals surface area (Å²) in [6.45, 7) is 0. The van der Waals surface area contributed by atoms with Gasteiger partial charge in [0.05, 0.1) is 11.9 Å². The fourth-order valence-electron chi connectivity index (χ4n) is 4.06. The van der Waals surface area contributed by atoms with Crippen LogP contribution in [0, 0.1) is 22.7 Å². The van der Waals surface area contributed by atoms with Gasteiger partial charge >= 0.3 is 0 Å². The van der Waals surface area contributed by atoms with Gasteiger partial charge < -0.3 is 10.8 Å². The van der Waals surface area contributed by atoms with Crippen LogP contribution in [0.2, 0.25) is 0 Å². The quantitative estimate of drug-likeness (QED) is 0.347. The van der Waals surface area contributed by atoms with Crippen LogP contribution in [-0.4, -0.2) is 25.8 Å². The second-order valence-electron chi connectivity index (χ2n) is 8.22. The molecular formula is C29H19N7O2. The molecule has 0 aliphatic carbocycles. The Bertz CT molecular complexity index is 1810. The molecule has 0 fully saturated rings. The number of nitrogen functional groups attached to an aromatic ring is 1. The number of rotatable bonds is 5. The third-order valence-corrected chi connectivity index (χ3v) is 5.89. The van der Waals surface area contributed by atoms with E-state index in [4.69, 9.17) is 10.8 Å². The standard InChI is InChI=1S/C29H19N7O2/c30-15-24-26(19-11-13-23(37)14-12-19)25(16-31)29(38)36(28(24)32)33-17-21-18-35(22-9-5-2-6-10-22)34-27(21)20-7-3-1-4-8-20/h1-14,17-18,37H,32H2/b33-17+. The lowest BCUT2D eigenvalue weighted by molar-refractivity contribution is 0.475. The minimum absolute atomic E-state index is 0.00180. The minimum atomic E-state index is -0.778. The highest BCUT2D eigenvalue weighted by atomic mass is 16.3. The molecule has 0 amide bonds. The van der Waals surface area contributed by atoms with Crippen molar-refractivity contribution in [3.8, 4) is 46.0 Å². The fraction of sp³-hybridized carbons (Fsp3) is 0. The van der Waals surface area contributed by atoms with Crippen LogP contribution in [0.4, 0.5) is 5.82 Å². The maximum Gasteiger partial charge on any atom is 0.291 e. The van der Waals surface area contributed by atoms with Gasteiger partial charge in [-0.25, -0.2) is 4.68 Å². The van der Waals surface area contributed by atoms with Crippen LogP contribution in [0.1, 0.15) is 16.7 Å². The molecule has 0 saturated carbocycles. The number of hydrogen-bond acceptors (Lipinski definition) is 7. The Morgan fingerprint density at radius 1 is 0.868 bits per heavy atom. The largest absolute Gasteiger partial charge is 0.508 e. The number of para-hydroxylation sites is 1. The molecule has 0 radical (unpaired) electrons. The zero-order chi connectivity index (χ0) is 26.6. The van der Waals surface area contributed by atoms with E-state index in [1.54, 1.807) is 10.9 Å². The molecule has 0 atom stereocenters. The second kappa shape index (κ2) is 9.97. The van der Waals surface area contributed by atoms with Crippen LogP contribution in [-0.2, 0) is 0 Å². The maximum atomic E-state index is 13.3. The molecule has 0 saturated heterocycles. The summed E-state index contributed by atoms with van der Waals surface area (Å²) in [6, 6.07) is 28.7. The second-order valence-corrected chi connectivity index (χ2v) is 8.22. The van der Waals surface area contributed by atoms with E-state index in [1.807, 2.05) is 72.8 Å². The van der Waals surface area contributed by atoms with Crippen molar-refractivity contribution < 1.29 is 5.11 Å². The van der Waals surface area contributed by atoms with E-state index in [2.05, 4.69) is 5.10 Å². The number of anilines is 1. The molecule has 9 nitrogen and oxygen atoms in total. The van der Waals surface area contributed by atoms with Crippen molar-refractivity contribution in [2.45, 2.75) is 0 Å². The number of hydrogen-bond donors (Lipinski definition) is 2. The van der Waals surface area contributed by atoms with Crippen LogP contribution < -0.4 is 11.3 Å². The SMILES string of the molecule is N#Cc1c(-c2ccc(O)cc2)c(C#N)c(=O)n(/N=C/c2cn(-c3ccccc3)nc2-c2ccccc2)c1N. The van der Waals surface area contributed by atoms with Gasteiger partial charge in [0.25, 0.3) is 5.56 Å². The molecule has 0 bridgehead atoms. The van der Waals surface area contributed by atoms with Crippen LogP contribution in [0.25, 0.3) is 28.1 Å². The highest BCUT2D eigenvalue weighted by molar-refractivity contribution is 5.89. The van der Waals surface area contributed by atoms with Crippen LogP contribution in [0.3, 0.4) is 0 Å². The third kappa shape index (κ3) is 4.28. The summed E-state index contributed by atoms with van der Waals surface area (Å²) in [5.41, 5.74) is 8.45. The Morgan fingerprint density at radius 2 is 1.50 bits per heavy atom. The van der Waals surface area contributed by atoms with Crippen LogP contribution in [0.15, 0.2) is 101 Å². The Balaban J connectivity index is 1.67. The zero-order valence-electron chi connectivity index (χ0n) is 19.9. The molecule has 0 unspecified atom stereocenters. The van der Waals surface area contributed by atoms with E-state index in [0.29, 0.717) is 16.8 Å². The minimum Gasteiger partial charge on any atom is -0.508 e. The topological polar surface area (TPSA) is 146 Å². The number of pyridine rings is 1. The summed E-state index contributed by atoms with van der Waals surface area (Å²) in [6.07, 6.45) is 3.19. The molecule has 3 N–H and O–H groups in total. The highest BCUT2D eigenvalue weighted by Crippen LogP contribution is 2.30. The molecule has 0 aliphatic heterocycles. The van der Waals surface area contributed by atoms with Gasteiger partial charge in [-0.1, -0.05) is 60.7 Å². The van der Waals surface area contributed by atoms with Gasteiger partial charge in [0.1, 0.15) is 40.5 Å².